The van der Waals surface area contributed by atoms with Gasteiger partial charge in [-0.3, -0.25) is 0 Å². The highest BCUT2D eigenvalue weighted by atomic mass is 32.3. The average Bonchev–Trinajstić information content (AvgIpc) is 2.86. The zero-order chi connectivity index (χ0) is 33.1. The van der Waals surface area contributed by atoms with Gasteiger partial charge in [-0.15, -0.1) is 0 Å². The first kappa shape index (κ1) is 36.9. The molecule has 0 N–H and O–H groups in total. The van der Waals surface area contributed by atoms with Gasteiger partial charge >= 0.3 is 11.0 Å². The van der Waals surface area contributed by atoms with Gasteiger partial charge in [0.1, 0.15) is 20.0 Å². The van der Waals surface area contributed by atoms with Crippen LogP contribution in [0, 0.1) is 0 Å². The van der Waals surface area contributed by atoms with E-state index in [1.54, 1.807) is 6.92 Å². The molecule has 0 bridgehead atoms. The zero-order valence-electron chi connectivity index (χ0n) is 22.1. The zero-order valence-corrected chi connectivity index (χ0v) is 25.3. The molecule has 0 radical (unpaired) electrons. The third-order valence-corrected chi connectivity index (χ3v) is 11.9. The normalized spacial score (nSPS) is 15.3. The molecule has 0 aliphatic heterocycles. The van der Waals surface area contributed by atoms with Crippen molar-refractivity contribution in [2.75, 3.05) is 13.2 Å². The molecule has 21 heteroatoms. The van der Waals surface area contributed by atoms with Crippen molar-refractivity contribution in [2.45, 2.75) is 59.3 Å². The van der Waals surface area contributed by atoms with E-state index >= 15 is 0 Å². The van der Waals surface area contributed by atoms with Gasteiger partial charge in [-0.25, -0.2) is 33.7 Å². The Morgan fingerprint density at radius 1 is 0.674 bits per heavy atom. The van der Waals surface area contributed by atoms with Crippen molar-refractivity contribution < 1.29 is 64.8 Å². The van der Waals surface area contributed by atoms with Crippen LogP contribution in [0.3, 0.4) is 0 Å². The minimum absolute atomic E-state index is 0.113. The van der Waals surface area contributed by atoms with Gasteiger partial charge in [0.2, 0.25) is 0 Å². The van der Waals surface area contributed by atoms with Crippen molar-refractivity contribution in [3.63, 3.8) is 0 Å². The monoisotopic (exact) mass is 702 g/mol. The van der Waals surface area contributed by atoms with Gasteiger partial charge in [0.15, 0.2) is 20.0 Å². The Morgan fingerprint density at radius 3 is 1.40 bits per heavy atom. The molecule has 2 aromatic carbocycles. The van der Waals surface area contributed by atoms with E-state index in [9.17, 15) is 60.0 Å². The van der Waals surface area contributed by atoms with Crippen molar-refractivity contribution >= 4 is 40.1 Å². The standard InChI is InChI=1S/C22H24F6N2O9S4/c1-3-16(18-6-10-20(11-7-18)41(33,34)30-43(37,38)22(26,27)28)12-13-39-14-15(2)17-4-8-19(9-5-17)40(31,32)29-42(35,36)21(23,24)25/h4-11,15-16H,3,12-14H2,1-2H3/q-2. The summed E-state index contributed by atoms with van der Waals surface area (Å²) in [7, 11) is -22.8. The lowest BCUT2D eigenvalue weighted by Gasteiger charge is -2.23. The lowest BCUT2D eigenvalue weighted by molar-refractivity contribution is -0.0431. The van der Waals surface area contributed by atoms with Crippen molar-refractivity contribution in [2.24, 2.45) is 0 Å². The summed E-state index contributed by atoms with van der Waals surface area (Å²) in [6, 6.07) is 8.80. The Hall–Kier alpha value is -2.30. The number of alkyl halides is 6. The minimum atomic E-state index is -6.27. The van der Waals surface area contributed by atoms with Gasteiger partial charge in [-0.1, -0.05) is 38.1 Å². The molecule has 0 saturated carbocycles. The predicted molar refractivity (Wildman–Crippen MR) is 141 cm³/mol. The average molecular weight is 703 g/mol. The van der Waals surface area contributed by atoms with Gasteiger partial charge in [0.05, 0.1) is 6.61 Å². The summed E-state index contributed by atoms with van der Waals surface area (Å²) in [5, 5.41) is 0. The fraction of sp³-hybridized carbons (Fsp3) is 0.455. The van der Waals surface area contributed by atoms with Crippen LogP contribution in [0.1, 0.15) is 49.7 Å². The van der Waals surface area contributed by atoms with Crippen LogP contribution in [0.5, 0.6) is 0 Å². The fourth-order valence-electron chi connectivity index (χ4n) is 3.50. The lowest BCUT2D eigenvalue weighted by Crippen LogP contribution is -2.24. The van der Waals surface area contributed by atoms with Crippen LogP contribution < -0.4 is 0 Å². The number of ether oxygens (including phenoxy) is 1. The van der Waals surface area contributed by atoms with E-state index in [1.807, 2.05) is 15.2 Å². The van der Waals surface area contributed by atoms with Crippen LogP contribution in [0.4, 0.5) is 26.3 Å². The summed E-state index contributed by atoms with van der Waals surface area (Å²) in [5.74, 6) is -0.530. The number of nitrogens with zero attached hydrogens (tertiary/aromatic N) is 2. The highest BCUT2D eigenvalue weighted by molar-refractivity contribution is 8.13. The quantitative estimate of drug-likeness (QED) is 0.189. The molecule has 0 aliphatic rings. The third-order valence-electron chi connectivity index (χ3n) is 5.85. The van der Waals surface area contributed by atoms with Crippen LogP contribution in [0.25, 0.3) is 8.25 Å². The van der Waals surface area contributed by atoms with Crippen LogP contribution in [0.15, 0.2) is 58.3 Å². The van der Waals surface area contributed by atoms with Gasteiger partial charge in [0.25, 0.3) is 0 Å². The van der Waals surface area contributed by atoms with Crippen LogP contribution in [0.2, 0.25) is 0 Å². The summed E-state index contributed by atoms with van der Waals surface area (Å²) < 4.78 is 177. The van der Waals surface area contributed by atoms with Gasteiger partial charge < -0.3 is 13.0 Å². The van der Waals surface area contributed by atoms with Crippen molar-refractivity contribution in [3.05, 3.63) is 67.9 Å². The number of sulfonamides is 4. The van der Waals surface area contributed by atoms with E-state index in [0.29, 0.717) is 24.0 Å². The molecule has 2 aromatic rings. The van der Waals surface area contributed by atoms with Crippen molar-refractivity contribution in [1.29, 1.82) is 0 Å². The maximum atomic E-state index is 12.5. The molecule has 0 amide bonds. The van der Waals surface area contributed by atoms with E-state index in [2.05, 4.69) is 0 Å². The second-order valence-corrected chi connectivity index (χ2v) is 15.8. The molecule has 0 saturated heterocycles. The molecule has 2 unspecified atom stereocenters. The topological polar surface area (TPSA) is 174 Å². The summed E-state index contributed by atoms with van der Waals surface area (Å²) in [6.07, 6.45) is 0.956. The Kier molecular flexibility index (Phi) is 11.5. The number of rotatable bonds is 14. The fourth-order valence-corrected chi connectivity index (χ4v) is 7.89. The van der Waals surface area contributed by atoms with Crippen LogP contribution in [-0.2, 0) is 44.8 Å². The van der Waals surface area contributed by atoms with Gasteiger partial charge in [0, 0.05) is 22.3 Å². The summed E-state index contributed by atoms with van der Waals surface area (Å²) in [5.41, 5.74) is -10.7. The van der Waals surface area contributed by atoms with E-state index in [0.717, 1.165) is 24.3 Å². The Bertz CT molecular complexity index is 1690. The molecule has 0 aromatic heterocycles. The minimum Gasteiger partial charge on any atom is -0.424 e. The number of hydrogen-bond acceptors (Lipinski definition) is 9. The maximum absolute atomic E-state index is 12.5. The van der Waals surface area contributed by atoms with E-state index in [-0.39, 0.29) is 25.0 Å². The second-order valence-electron chi connectivity index (χ2n) is 8.95. The molecular formula is C22H24F6N2O9S4-2. The summed E-state index contributed by atoms with van der Waals surface area (Å²) in [4.78, 5) is -1.52. The predicted octanol–water partition coefficient (Wildman–Crippen LogP) is 5.21. The molecule has 11 nitrogen and oxygen atoms in total. The molecular weight excluding hydrogens is 679 g/mol. The molecule has 0 heterocycles. The first-order valence-electron chi connectivity index (χ1n) is 11.8. The number of hydrogen-bond donors (Lipinski definition) is 0. The molecule has 43 heavy (non-hydrogen) atoms. The first-order chi connectivity index (χ1) is 19.4. The van der Waals surface area contributed by atoms with E-state index in [1.165, 1.54) is 24.3 Å². The Labute approximate surface area is 244 Å². The smallest absolute Gasteiger partial charge is 0.424 e. The van der Waals surface area contributed by atoms with Gasteiger partial charge in [-0.2, -0.15) is 26.3 Å². The largest absolute Gasteiger partial charge is 0.480 e. The highest BCUT2D eigenvalue weighted by Crippen LogP contribution is 2.34. The Morgan fingerprint density at radius 2 is 1.05 bits per heavy atom. The molecule has 0 aliphatic carbocycles. The van der Waals surface area contributed by atoms with E-state index < -0.39 is 60.9 Å². The molecule has 0 spiro atoms. The Balaban J connectivity index is 1.97. The van der Waals surface area contributed by atoms with Crippen LogP contribution in [-0.4, -0.2) is 57.9 Å². The SMILES string of the molecule is CCC(CCOCC(C)c1ccc(S(=O)(=O)[N-]S(=O)(=O)C(F)(F)F)cc1)c1ccc(S(=O)(=O)[N-]S(=O)(=O)C(F)(F)F)cc1. The lowest BCUT2D eigenvalue weighted by atomic mass is 9.94. The van der Waals surface area contributed by atoms with E-state index in [4.69, 9.17) is 4.74 Å². The van der Waals surface area contributed by atoms with Gasteiger partial charge in [-0.05, 0) is 54.2 Å². The highest BCUT2D eigenvalue weighted by Gasteiger charge is 2.41. The third kappa shape index (κ3) is 9.59. The molecule has 2 rings (SSSR count). The number of benzene rings is 2. The van der Waals surface area contributed by atoms with Crippen LogP contribution >= 0.6 is 0 Å². The maximum Gasteiger partial charge on any atom is 0.480 e. The molecule has 2 atom stereocenters. The molecule has 0 fully saturated rings. The number of halogens is 6. The molecule has 244 valence electrons. The second kappa shape index (κ2) is 13.4. The van der Waals surface area contributed by atoms with Crippen molar-refractivity contribution in [3.8, 4) is 0 Å². The summed E-state index contributed by atoms with van der Waals surface area (Å²) in [6.45, 7) is 3.80. The summed E-state index contributed by atoms with van der Waals surface area (Å²) >= 11 is 0. The first-order valence-corrected chi connectivity index (χ1v) is 17.6. The van der Waals surface area contributed by atoms with Crippen molar-refractivity contribution in [1.82, 2.24) is 0 Å².